The van der Waals surface area contributed by atoms with Crippen molar-refractivity contribution in [3.63, 3.8) is 0 Å². The number of nitrogens with one attached hydrogen (secondary N) is 1. The maximum atomic E-state index is 13.3. The highest BCUT2D eigenvalue weighted by Crippen LogP contribution is 2.30. The molecule has 0 saturated carbocycles. The predicted octanol–water partition coefficient (Wildman–Crippen LogP) is 3.03. The van der Waals surface area contributed by atoms with E-state index in [9.17, 15) is 4.79 Å². The van der Waals surface area contributed by atoms with E-state index < -0.39 is 0 Å². The number of hydrogen-bond acceptors (Lipinski definition) is 4. The molecule has 6 nitrogen and oxygen atoms in total. The first-order valence-corrected chi connectivity index (χ1v) is 10.6. The summed E-state index contributed by atoms with van der Waals surface area (Å²) in [7, 11) is 0. The van der Waals surface area contributed by atoms with Crippen LogP contribution in [-0.2, 0) is 11.2 Å². The molecule has 2 aliphatic heterocycles. The van der Waals surface area contributed by atoms with Crippen LogP contribution in [0.2, 0.25) is 0 Å². The molecule has 1 amide bonds. The third kappa shape index (κ3) is 3.21. The summed E-state index contributed by atoms with van der Waals surface area (Å²) in [4.78, 5) is 24.6. The summed E-state index contributed by atoms with van der Waals surface area (Å²) in [6.07, 6.45) is 6.25. The van der Waals surface area contributed by atoms with E-state index >= 15 is 0 Å². The molecule has 4 heterocycles. The second kappa shape index (κ2) is 7.26. The molecule has 2 unspecified atom stereocenters. The highest BCUT2D eigenvalue weighted by atomic mass is 16.2. The molecule has 6 heteroatoms. The maximum absolute atomic E-state index is 13.3. The highest BCUT2D eigenvalue weighted by molar-refractivity contribution is 5.82. The minimum atomic E-state index is 0.199. The normalized spacial score (nSPS) is 21.3. The van der Waals surface area contributed by atoms with E-state index in [1.807, 2.05) is 16.7 Å². The Morgan fingerprint density at radius 3 is 2.59 bits per heavy atom. The van der Waals surface area contributed by atoms with Gasteiger partial charge in [0.2, 0.25) is 11.7 Å². The number of carbonyl (C=O) groups is 1. The van der Waals surface area contributed by atoms with Crippen LogP contribution in [0.4, 0.5) is 0 Å². The van der Waals surface area contributed by atoms with Gasteiger partial charge in [-0.15, -0.1) is 0 Å². The number of hydrogen-bond donors (Lipinski definition) is 1. The lowest BCUT2D eigenvalue weighted by molar-refractivity contribution is -0.134. The van der Waals surface area contributed by atoms with Crippen molar-refractivity contribution in [2.75, 3.05) is 13.1 Å². The Balaban J connectivity index is 1.52. The lowest BCUT2D eigenvalue weighted by atomic mass is 10.00. The third-order valence-electron chi connectivity index (χ3n) is 6.34. The molecule has 150 valence electrons. The van der Waals surface area contributed by atoms with E-state index in [1.54, 1.807) is 6.20 Å². The second-order valence-corrected chi connectivity index (χ2v) is 8.49. The summed E-state index contributed by atoms with van der Waals surface area (Å²) < 4.78 is 1.97. The fourth-order valence-electron chi connectivity index (χ4n) is 4.78. The topological polar surface area (TPSA) is 62.5 Å². The largest absolute Gasteiger partial charge is 0.334 e. The minimum Gasteiger partial charge on any atom is -0.334 e. The summed E-state index contributed by atoms with van der Waals surface area (Å²) in [5.41, 5.74) is 4.11. The van der Waals surface area contributed by atoms with Gasteiger partial charge in [0.1, 0.15) is 0 Å². The molecule has 2 fully saturated rings. The second-order valence-electron chi connectivity index (χ2n) is 8.49. The van der Waals surface area contributed by atoms with Gasteiger partial charge in [0, 0.05) is 43.1 Å². The number of carbonyl (C=O) groups excluding carboxylic acids is 1. The number of amides is 1. The Labute approximate surface area is 171 Å². The summed E-state index contributed by atoms with van der Waals surface area (Å²) in [5.74, 6) is 1.32. The van der Waals surface area contributed by atoms with Gasteiger partial charge in [-0.25, -0.2) is 9.97 Å². The van der Waals surface area contributed by atoms with Crippen molar-refractivity contribution in [1.29, 1.82) is 0 Å². The van der Waals surface area contributed by atoms with Gasteiger partial charge in [-0.05, 0) is 30.4 Å². The van der Waals surface area contributed by atoms with Crippen molar-refractivity contribution in [1.82, 2.24) is 24.6 Å². The van der Waals surface area contributed by atoms with Gasteiger partial charge in [-0.3, -0.25) is 9.20 Å². The average molecular weight is 390 g/mol. The standard InChI is InChI=1S/C23H27N5O/c1-15(2)16-4-6-17(7-5-16)22-20(27-11-3-10-25-23(27)26-22)12-21(29)28-18-8-9-19(28)14-24-13-18/h3-7,10-11,15,18-19,24H,8-9,12-14H2,1-2H3. The number of rotatable bonds is 4. The molecule has 2 saturated heterocycles. The van der Waals surface area contributed by atoms with Crippen LogP contribution in [0, 0.1) is 0 Å². The molecule has 5 rings (SSSR count). The van der Waals surface area contributed by atoms with Crippen LogP contribution >= 0.6 is 0 Å². The van der Waals surface area contributed by atoms with Crippen molar-refractivity contribution < 1.29 is 4.79 Å². The van der Waals surface area contributed by atoms with Gasteiger partial charge in [-0.1, -0.05) is 38.1 Å². The zero-order valence-electron chi connectivity index (χ0n) is 17.0. The Morgan fingerprint density at radius 2 is 1.90 bits per heavy atom. The van der Waals surface area contributed by atoms with E-state index in [0.717, 1.165) is 42.9 Å². The van der Waals surface area contributed by atoms with Gasteiger partial charge in [0.05, 0.1) is 17.8 Å². The molecule has 0 aliphatic carbocycles. The number of nitrogens with zero attached hydrogens (tertiary/aromatic N) is 4. The van der Waals surface area contributed by atoms with Gasteiger partial charge in [0.15, 0.2) is 0 Å². The van der Waals surface area contributed by atoms with Crippen LogP contribution in [0.5, 0.6) is 0 Å². The highest BCUT2D eigenvalue weighted by Gasteiger charge is 2.39. The van der Waals surface area contributed by atoms with E-state index in [0.29, 0.717) is 30.2 Å². The molecule has 2 aromatic heterocycles. The zero-order valence-corrected chi connectivity index (χ0v) is 17.0. The summed E-state index contributed by atoms with van der Waals surface area (Å²) in [6, 6.07) is 11.1. The van der Waals surface area contributed by atoms with E-state index in [1.165, 1.54) is 5.56 Å². The lowest BCUT2D eigenvalue weighted by Crippen LogP contribution is -2.54. The molecular weight excluding hydrogens is 362 g/mol. The minimum absolute atomic E-state index is 0.199. The van der Waals surface area contributed by atoms with Gasteiger partial charge in [-0.2, -0.15) is 0 Å². The quantitative estimate of drug-likeness (QED) is 0.745. The Hall–Kier alpha value is -2.73. The van der Waals surface area contributed by atoms with E-state index in [2.05, 4.69) is 53.3 Å². The molecular formula is C23H27N5O. The van der Waals surface area contributed by atoms with E-state index in [4.69, 9.17) is 4.98 Å². The number of benzene rings is 1. The summed E-state index contributed by atoms with van der Waals surface area (Å²) >= 11 is 0. The van der Waals surface area contributed by atoms with Crippen molar-refractivity contribution in [2.45, 2.75) is 51.1 Å². The Morgan fingerprint density at radius 1 is 1.17 bits per heavy atom. The molecule has 1 N–H and O–H groups in total. The molecule has 2 aliphatic rings. The van der Waals surface area contributed by atoms with Crippen LogP contribution < -0.4 is 5.32 Å². The molecule has 29 heavy (non-hydrogen) atoms. The van der Waals surface area contributed by atoms with Crippen LogP contribution in [0.1, 0.15) is 43.9 Å². The Kier molecular flexibility index (Phi) is 4.59. The monoisotopic (exact) mass is 389 g/mol. The summed E-state index contributed by atoms with van der Waals surface area (Å²) in [5, 5.41) is 3.45. The molecule has 3 aromatic rings. The number of fused-ring (bicyclic) bond motifs is 3. The van der Waals surface area contributed by atoms with Gasteiger partial charge in [0.25, 0.3) is 0 Å². The third-order valence-corrected chi connectivity index (χ3v) is 6.34. The fraction of sp³-hybridized carbons (Fsp3) is 0.435. The number of aromatic nitrogens is 3. The zero-order chi connectivity index (χ0) is 20.0. The van der Waals surface area contributed by atoms with Crippen LogP contribution in [0.15, 0.2) is 42.7 Å². The molecule has 2 atom stereocenters. The van der Waals surface area contributed by atoms with Crippen molar-refractivity contribution in [3.8, 4) is 11.3 Å². The lowest BCUT2D eigenvalue weighted by Gasteiger charge is -2.35. The number of imidazole rings is 1. The first-order valence-electron chi connectivity index (χ1n) is 10.6. The van der Waals surface area contributed by atoms with Crippen LogP contribution in [0.3, 0.4) is 0 Å². The number of piperazine rings is 1. The van der Waals surface area contributed by atoms with Gasteiger partial charge >= 0.3 is 0 Å². The fourth-order valence-corrected chi connectivity index (χ4v) is 4.78. The molecule has 2 bridgehead atoms. The Bertz CT molecular complexity index is 1020. The smallest absolute Gasteiger partial charge is 0.234 e. The maximum Gasteiger partial charge on any atom is 0.234 e. The van der Waals surface area contributed by atoms with Crippen LogP contribution in [-0.4, -0.2) is 50.3 Å². The van der Waals surface area contributed by atoms with Crippen molar-refractivity contribution in [3.05, 3.63) is 54.0 Å². The van der Waals surface area contributed by atoms with Crippen molar-refractivity contribution in [2.24, 2.45) is 0 Å². The average Bonchev–Trinajstić information content (AvgIpc) is 3.22. The van der Waals surface area contributed by atoms with Gasteiger partial charge < -0.3 is 10.2 Å². The summed E-state index contributed by atoms with van der Waals surface area (Å²) in [6.45, 7) is 6.19. The molecule has 1 aromatic carbocycles. The SMILES string of the molecule is CC(C)c1ccc(-c2nc3ncccn3c2CC(=O)N2C3CCC2CNC3)cc1. The molecule has 0 spiro atoms. The van der Waals surface area contributed by atoms with E-state index in [-0.39, 0.29) is 5.91 Å². The van der Waals surface area contributed by atoms with Crippen LogP contribution in [0.25, 0.3) is 17.0 Å². The molecule has 0 radical (unpaired) electrons. The van der Waals surface area contributed by atoms with Crippen molar-refractivity contribution >= 4 is 11.7 Å². The predicted molar refractivity (Wildman–Crippen MR) is 113 cm³/mol. The first kappa shape index (κ1) is 18.3. The first-order chi connectivity index (χ1) is 14.1.